The van der Waals surface area contributed by atoms with E-state index in [1.54, 1.807) is 25.4 Å². The minimum Gasteiger partial charge on any atom is -0.468 e. The zero-order valence-electron chi connectivity index (χ0n) is 18.2. The van der Waals surface area contributed by atoms with Crippen LogP contribution in [0, 0.1) is 0 Å². The lowest BCUT2D eigenvalue weighted by Gasteiger charge is -2.26. The minimum atomic E-state index is -0.269. The first kappa shape index (κ1) is 21.7. The Hall–Kier alpha value is -3.52. The van der Waals surface area contributed by atoms with Crippen LogP contribution < -0.4 is 16.0 Å². The van der Waals surface area contributed by atoms with Gasteiger partial charge in [-0.1, -0.05) is 12.1 Å². The van der Waals surface area contributed by atoms with Crippen LogP contribution in [-0.2, 0) is 6.54 Å². The largest absolute Gasteiger partial charge is 0.468 e. The van der Waals surface area contributed by atoms with Gasteiger partial charge < -0.3 is 24.8 Å². The molecule has 32 heavy (non-hydrogen) atoms. The van der Waals surface area contributed by atoms with E-state index in [0.29, 0.717) is 18.8 Å². The fraction of sp³-hybridized carbons (Fsp3) is 0.333. The number of benzene rings is 1. The smallest absolute Gasteiger partial charge is 0.291 e. The number of hydrogen-bond donors (Lipinski definition) is 3. The highest BCUT2D eigenvalue weighted by Gasteiger charge is 2.25. The van der Waals surface area contributed by atoms with Crippen molar-refractivity contribution in [3.63, 3.8) is 0 Å². The molecule has 1 aliphatic heterocycles. The van der Waals surface area contributed by atoms with Crippen LogP contribution in [-0.4, -0.2) is 43.4 Å². The Kier molecular flexibility index (Phi) is 7.24. The molecule has 1 amide bonds. The van der Waals surface area contributed by atoms with E-state index in [0.717, 1.165) is 30.4 Å². The van der Waals surface area contributed by atoms with E-state index in [2.05, 4.69) is 25.8 Å². The zero-order chi connectivity index (χ0) is 22.2. The fourth-order valence-electron chi connectivity index (χ4n) is 3.85. The van der Waals surface area contributed by atoms with Gasteiger partial charge in [0, 0.05) is 25.8 Å². The number of nitrogens with zero attached hydrogens (tertiary/aromatic N) is 2. The molecule has 3 N–H and O–H groups in total. The molecule has 0 saturated carbocycles. The summed E-state index contributed by atoms with van der Waals surface area (Å²) >= 11 is 0. The Morgan fingerprint density at radius 3 is 2.44 bits per heavy atom. The quantitative estimate of drug-likeness (QED) is 0.369. The maximum atomic E-state index is 12.1. The Bertz CT molecular complexity index is 991. The first-order valence-electron chi connectivity index (χ1n) is 10.9. The highest BCUT2D eigenvalue weighted by Crippen LogP contribution is 2.24. The fourth-order valence-corrected chi connectivity index (χ4v) is 3.85. The number of likely N-dealkylation sites (tertiary alicyclic amines) is 1. The Balaban J connectivity index is 1.28. The van der Waals surface area contributed by atoms with Gasteiger partial charge in [0.15, 0.2) is 11.7 Å². The molecule has 8 heteroatoms. The Morgan fingerprint density at radius 2 is 1.78 bits per heavy atom. The Morgan fingerprint density at radius 1 is 1.03 bits per heavy atom. The maximum Gasteiger partial charge on any atom is 0.291 e. The van der Waals surface area contributed by atoms with Crippen LogP contribution in [0.5, 0.6) is 0 Å². The average molecular weight is 436 g/mol. The van der Waals surface area contributed by atoms with Gasteiger partial charge in [-0.3, -0.25) is 14.7 Å². The van der Waals surface area contributed by atoms with Crippen molar-refractivity contribution >= 4 is 17.6 Å². The molecule has 1 atom stereocenters. The van der Waals surface area contributed by atoms with Gasteiger partial charge >= 0.3 is 0 Å². The van der Waals surface area contributed by atoms with Crippen LogP contribution in [0.25, 0.3) is 0 Å². The molecule has 1 aliphatic rings. The Labute approximate surface area is 187 Å². The van der Waals surface area contributed by atoms with Gasteiger partial charge in [0.05, 0.1) is 18.6 Å². The first-order chi connectivity index (χ1) is 15.7. The molecule has 4 rings (SSSR count). The molecule has 3 aromatic rings. The third-order valence-corrected chi connectivity index (χ3v) is 5.56. The maximum absolute atomic E-state index is 12.1. The number of nitrogens with one attached hydrogen (secondary N) is 3. The van der Waals surface area contributed by atoms with E-state index < -0.39 is 0 Å². The molecule has 2 aromatic heterocycles. The average Bonchev–Trinajstić information content (AvgIpc) is 3.60. The van der Waals surface area contributed by atoms with Crippen LogP contribution in [0.1, 0.15) is 40.8 Å². The van der Waals surface area contributed by atoms with Crippen LogP contribution in [0.3, 0.4) is 0 Å². The van der Waals surface area contributed by atoms with E-state index in [1.807, 2.05) is 36.4 Å². The van der Waals surface area contributed by atoms with Crippen LogP contribution in [0.4, 0.5) is 5.69 Å². The molecule has 0 bridgehead atoms. The summed E-state index contributed by atoms with van der Waals surface area (Å²) in [5.74, 6) is 1.72. The summed E-state index contributed by atoms with van der Waals surface area (Å²) < 4.78 is 10.8. The van der Waals surface area contributed by atoms with Crippen molar-refractivity contribution in [3.05, 3.63) is 78.1 Å². The standard InChI is InChI=1S/C24H29N5O3/c1-25-24(27-17-20(21-6-4-14-31-21)29-12-2-3-13-29)26-16-18-8-10-19(11-9-18)28-23(30)22-7-5-15-32-22/h4-11,14-15,20H,2-3,12-13,16-17H2,1H3,(H,28,30)(H2,25,26,27). The molecule has 0 spiro atoms. The van der Waals surface area contributed by atoms with Crippen molar-refractivity contribution in [3.8, 4) is 0 Å². The molecule has 0 radical (unpaired) electrons. The number of anilines is 1. The molecule has 1 unspecified atom stereocenters. The summed E-state index contributed by atoms with van der Waals surface area (Å²) in [4.78, 5) is 18.9. The van der Waals surface area contributed by atoms with Crippen molar-refractivity contribution in [2.75, 3.05) is 32.0 Å². The summed E-state index contributed by atoms with van der Waals surface area (Å²) in [7, 11) is 1.76. The summed E-state index contributed by atoms with van der Waals surface area (Å²) in [5.41, 5.74) is 1.79. The molecule has 1 aromatic carbocycles. The predicted octanol–water partition coefficient (Wildman–Crippen LogP) is 3.63. The van der Waals surface area contributed by atoms with Crippen molar-refractivity contribution in [2.24, 2.45) is 4.99 Å². The summed E-state index contributed by atoms with van der Waals surface area (Å²) in [6, 6.07) is 15.1. The van der Waals surface area contributed by atoms with Gasteiger partial charge in [0.25, 0.3) is 5.91 Å². The molecule has 1 saturated heterocycles. The van der Waals surface area contributed by atoms with Gasteiger partial charge in [-0.2, -0.15) is 0 Å². The zero-order valence-corrected chi connectivity index (χ0v) is 18.2. The lowest BCUT2D eigenvalue weighted by atomic mass is 10.2. The molecule has 8 nitrogen and oxygen atoms in total. The van der Waals surface area contributed by atoms with Crippen LogP contribution in [0.2, 0.25) is 0 Å². The van der Waals surface area contributed by atoms with E-state index in [4.69, 9.17) is 8.83 Å². The third kappa shape index (κ3) is 5.59. The SMILES string of the molecule is CN=C(NCc1ccc(NC(=O)c2ccco2)cc1)NCC(c1ccco1)N1CCCC1. The number of rotatable bonds is 8. The van der Waals surface area contributed by atoms with Gasteiger partial charge in [-0.05, 0) is 67.9 Å². The highest BCUT2D eigenvalue weighted by atomic mass is 16.3. The molecule has 1 fully saturated rings. The van der Waals surface area contributed by atoms with Gasteiger partial charge in [0.1, 0.15) is 5.76 Å². The van der Waals surface area contributed by atoms with E-state index in [-0.39, 0.29) is 17.7 Å². The van der Waals surface area contributed by atoms with Gasteiger partial charge in [-0.15, -0.1) is 0 Å². The van der Waals surface area contributed by atoms with Crippen molar-refractivity contribution in [2.45, 2.75) is 25.4 Å². The number of furan rings is 2. The second kappa shape index (κ2) is 10.7. The van der Waals surface area contributed by atoms with Crippen molar-refractivity contribution in [1.29, 1.82) is 0 Å². The van der Waals surface area contributed by atoms with Crippen molar-refractivity contribution in [1.82, 2.24) is 15.5 Å². The molecular formula is C24H29N5O3. The van der Waals surface area contributed by atoms with E-state index in [9.17, 15) is 4.79 Å². The number of carbonyl (C=O) groups is 1. The topological polar surface area (TPSA) is 95.0 Å². The van der Waals surface area contributed by atoms with Crippen LogP contribution in [0.15, 0.2) is 74.9 Å². The lowest BCUT2D eigenvalue weighted by Crippen LogP contribution is -2.42. The number of guanidine groups is 1. The van der Waals surface area contributed by atoms with E-state index in [1.165, 1.54) is 19.1 Å². The number of hydrogen-bond acceptors (Lipinski definition) is 5. The summed E-state index contributed by atoms with van der Waals surface area (Å²) in [5, 5.41) is 9.59. The van der Waals surface area contributed by atoms with Gasteiger partial charge in [0.2, 0.25) is 0 Å². The molecule has 0 aliphatic carbocycles. The van der Waals surface area contributed by atoms with Gasteiger partial charge in [-0.25, -0.2) is 0 Å². The predicted molar refractivity (Wildman–Crippen MR) is 124 cm³/mol. The summed E-state index contributed by atoms with van der Waals surface area (Å²) in [6.45, 7) is 3.50. The van der Waals surface area contributed by atoms with Crippen LogP contribution >= 0.6 is 0 Å². The molecule has 3 heterocycles. The third-order valence-electron chi connectivity index (χ3n) is 5.56. The molecular weight excluding hydrogens is 406 g/mol. The molecule has 168 valence electrons. The lowest BCUT2D eigenvalue weighted by molar-refractivity contribution is 0.0996. The van der Waals surface area contributed by atoms with E-state index >= 15 is 0 Å². The normalized spacial score (nSPS) is 15.5. The number of aliphatic imine (C=N–C) groups is 1. The first-order valence-corrected chi connectivity index (χ1v) is 10.9. The number of amides is 1. The highest BCUT2D eigenvalue weighted by molar-refractivity contribution is 6.02. The second-order valence-electron chi connectivity index (χ2n) is 7.71. The van der Waals surface area contributed by atoms with Crippen molar-refractivity contribution < 1.29 is 13.6 Å². The second-order valence-corrected chi connectivity index (χ2v) is 7.71. The summed E-state index contributed by atoms with van der Waals surface area (Å²) in [6.07, 6.45) is 5.66. The number of carbonyl (C=O) groups excluding carboxylic acids is 1. The minimum absolute atomic E-state index is 0.183. The monoisotopic (exact) mass is 435 g/mol.